The molecule has 30 heavy (non-hydrogen) atoms. The number of sulfonamides is 1. The summed E-state index contributed by atoms with van der Waals surface area (Å²) in [5.41, 5.74) is 2.80. The SMILES string of the molecule is Cc1nn(-c2ccccn2)c(C)c1N1CCN(S(=O)(=O)c2ccc(F)c(Cl)c2)CC1. The lowest BCUT2D eigenvalue weighted by atomic mass is 10.2. The summed E-state index contributed by atoms with van der Waals surface area (Å²) in [4.78, 5) is 6.50. The van der Waals surface area contributed by atoms with Crippen molar-refractivity contribution < 1.29 is 12.8 Å². The number of benzene rings is 1. The van der Waals surface area contributed by atoms with E-state index in [1.165, 1.54) is 10.4 Å². The Hall–Kier alpha value is -2.49. The normalized spacial score (nSPS) is 15.5. The highest BCUT2D eigenvalue weighted by Gasteiger charge is 2.31. The van der Waals surface area contributed by atoms with Gasteiger partial charge >= 0.3 is 0 Å². The summed E-state index contributed by atoms with van der Waals surface area (Å²) in [7, 11) is -3.74. The molecule has 1 aliphatic rings. The first-order valence-corrected chi connectivity index (χ1v) is 11.3. The van der Waals surface area contributed by atoms with E-state index in [4.69, 9.17) is 11.6 Å². The molecule has 0 atom stereocenters. The van der Waals surface area contributed by atoms with Gasteiger partial charge in [0.15, 0.2) is 5.82 Å². The number of aryl methyl sites for hydroxylation is 1. The van der Waals surface area contributed by atoms with Crippen molar-refractivity contribution in [3.8, 4) is 5.82 Å². The summed E-state index contributed by atoms with van der Waals surface area (Å²) in [6.45, 7) is 5.57. The van der Waals surface area contributed by atoms with E-state index in [-0.39, 0.29) is 9.92 Å². The predicted molar refractivity (Wildman–Crippen MR) is 113 cm³/mol. The number of hydrogen-bond acceptors (Lipinski definition) is 5. The second-order valence-corrected chi connectivity index (χ2v) is 9.43. The molecule has 0 radical (unpaired) electrons. The van der Waals surface area contributed by atoms with Crippen LogP contribution in [0, 0.1) is 19.7 Å². The number of rotatable bonds is 4. The van der Waals surface area contributed by atoms with Gasteiger partial charge in [-0.25, -0.2) is 22.5 Å². The molecule has 3 aromatic rings. The minimum atomic E-state index is -3.74. The highest BCUT2D eigenvalue weighted by atomic mass is 35.5. The maximum Gasteiger partial charge on any atom is 0.243 e. The third-order valence-corrected chi connectivity index (χ3v) is 7.39. The number of piperazine rings is 1. The molecule has 0 bridgehead atoms. The second-order valence-electron chi connectivity index (χ2n) is 7.09. The van der Waals surface area contributed by atoms with Crippen LogP contribution in [-0.2, 0) is 10.0 Å². The molecular weight excluding hydrogens is 429 g/mol. The fourth-order valence-corrected chi connectivity index (χ4v) is 5.43. The van der Waals surface area contributed by atoms with Gasteiger partial charge in [-0.05, 0) is 44.2 Å². The molecule has 1 fully saturated rings. The topological polar surface area (TPSA) is 71.3 Å². The first-order valence-electron chi connectivity index (χ1n) is 9.47. The van der Waals surface area contributed by atoms with Crippen molar-refractivity contribution in [2.24, 2.45) is 0 Å². The molecule has 10 heteroatoms. The van der Waals surface area contributed by atoms with Crippen LogP contribution in [0.3, 0.4) is 0 Å². The zero-order valence-electron chi connectivity index (χ0n) is 16.6. The second kappa shape index (κ2) is 7.98. The molecule has 158 valence electrons. The first kappa shape index (κ1) is 20.8. The van der Waals surface area contributed by atoms with Crippen molar-refractivity contribution in [2.75, 3.05) is 31.1 Å². The lowest BCUT2D eigenvalue weighted by Gasteiger charge is -2.35. The number of aromatic nitrogens is 3. The predicted octanol–water partition coefficient (Wildman–Crippen LogP) is 3.19. The average molecular weight is 450 g/mol. The van der Waals surface area contributed by atoms with Gasteiger partial charge < -0.3 is 4.90 Å². The molecule has 1 saturated heterocycles. The number of anilines is 1. The molecule has 1 aromatic carbocycles. The van der Waals surface area contributed by atoms with Gasteiger partial charge in [0.25, 0.3) is 0 Å². The quantitative estimate of drug-likeness (QED) is 0.611. The molecule has 2 aromatic heterocycles. The lowest BCUT2D eigenvalue weighted by molar-refractivity contribution is 0.384. The molecule has 0 unspecified atom stereocenters. The van der Waals surface area contributed by atoms with Gasteiger partial charge in [0.2, 0.25) is 10.0 Å². The molecule has 7 nitrogen and oxygen atoms in total. The Balaban J connectivity index is 1.54. The number of nitrogens with zero attached hydrogens (tertiary/aromatic N) is 5. The summed E-state index contributed by atoms with van der Waals surface area (Å²) in [5, 5.41) is 4.41. The van der Waals surface area contributed by atoms with E-state index >= 15 is 0 Å². The van der Waals surface area contributed by atoms with Crippen molar-refractivity contribution in [2.45, 2.75) is 18.7 Å². The lowest BCUT2D eigenvalue weighted by Crippen LogP contribution is -2.49. The van der Waals surface area contributed by atoms with Crippen molar-refractivity contribution >= 4 is 27.3 Å². The highest BCUT2D eigenvalue weighted by molar-refractivity contribution is 7.89. The number of pyridine rings is 1. The molecule has 0 aliphatic carbocycles. The fraction of sp³-hybridized carbons (Fsp3) is 0.300. The Morgan fingerprint density at radius 3 is 2.43 bits per heavy atom. The van der Waals surface area contributed by atoms with Gasteiger partial charge in [-0.1, -0.05) is 17.7 Å². The molecule has 3 heterocycles. The molecule has 0 amide bonds. The molecule has 4 rings (SSSR count). The van der Waals surface area contributed by atoms with Gasteiger partial charge in [-0.2, -0.15) is 9.40 Å². The van der Waals surface area contributed by atoms with Crippen molar-refractivity contribution in [1.29, 1.82) is 0 Å². The maximum absolute atomic E-state index is 13.4. The maximum atomic E-state index is 13.4. The summed E-state index contributed by atoms with van der Waals surface area (Å²) < 4.78 is 42.4. The number of hydrogen-bond donors (Lipinski definition) is 0. The van der Waals surface area contributed by atoms with Crippen LogP contribution in [0.25, 0.3) is 5.82 Å². The van der Waals surface area contributed by atoms with Crippen LogP contribution in [0.15, 0.2) is 47.5 Å². The summed E-state index contributed by atoms with van der Waals surface area (Å²) in [6.07, 6.45) is 1.72. The fourth-order valence-electron chi connectivity index (χ4n) is 3.73. The van der Waals surface area contributed by atoms with Crippen molar-refractivity contribution in [3.05, 3.63) is 64.8 Å². The van der Waals surface area contributed by atoms with Gasteiger partial charge in [-0.3, -0.25) is 0 Å². The Morgan fingerprint density at radius 2 is 1.80 bits per heavy atom. The number of halogens is 2. The van der Waals surface area contributed by atoms with E-state index in [1.54, 1.807) is 10.9 Å². The molecular formula is C20H21ClFN5O2S. The first-order chi connectivity index (χ1) is 14.3. The Labute approximate surface area is 179 Å². The van der Waals surface area contributed by atoms with E-state index < -0.39 is 15.8 Å². The summed E-state index contributed by atoms with van der Waals surface area (Å²) in [5.74, 6) is 0.0926. The molecule has 0 spiro atoms. The van der Waals surface area contributed by atoms with Crippen LogP contribution in [-0.4, -0.2) is 53.7 Å². The van der Waals surface area contributed by atoms with Crippen molar-refractivity contribution in [3.63, 3.8) is 0 Å². The molecule has 1 aliphatic heterocycles. The Kier molecular flexibility index (Phi) is 5.52. The van der Waals surface area contributed by atoms with Crippen LogP contribution in [0.2, 0.25) is 5.02 Å². The smallest absolute Gasteiger partial charge is 0.243 e. The van der Waals surface area contributed by atoms with Crippen molar-refractivity contribution in [1.82, 2.24) is 19.1 Å². The van der Waals surface area contributed by atoms with E-state index in [2.05, 4.69) is 15.0 Å². The van der Waals surface area contributed by atoms with Crippen LogP contribution in [0.1, 0.15) is 11.4 Å². The largest absolute Gasteiger partial charge is 0.366 e. The third kappa shape index (κ3) is 3.68. The monoisotopic (exact) mass is 449 g/mol. The molecule has 0 saturated carbocycles. The minimum absolute atomic E-state index is 0.00215. The Bertz CT molecular complexity index is 1180. The van der Waals surface area contributed by atoms with E-state index in [0.29, 0.717) is 26.2 Å². The standard InChI is InChI=1S/C20H21ClFN5O2S/c1-14-20(15(2)27(24-14)19-5-3-4-8-23-19)25-9-11-26(12-10-25)30(28,29)16-6-7-18(22)17(21)13-16/h3-8,13H,9-12H2,1-2H3. The minimum Gasteiger partial charge on any atom is -0.366 e. The van der Waals surface area contributed by atoms with Crippen LogP contribution < -0.4 is 4.90 Å². The van der Waals surface area contributed by atoms with Gasteiger partial charge in [0.1, 0.15) is 5.82 Å². The van der Waals surface area contributed by atoms with Gasteiger partial charge in [0, 0.05) is 32.4 Å². The van der Waals surface area contributed by atoms with Crippen LogP contribution in [0.4, 0.5) is 10.1 Å². The van der Waals surface area contributed by atoms with Gasteiger partial charge in [-0.15, -0.1) is 0 Å². The summed E-state index contributed by atoms with van der Waals surface area (Å²) >= 11 is 5.77. The van der Waals surface area contributed by atoms with E-state index in [9.17, 15) is 12.8 Å². The third-order valence-electron chi connectivity index (χ3n) is 5.20. The average Bonchev–Trinajstić information content (AvgIpc) is 3.04. The Morgan fingerprint density at radius 1 is 1.07 bits per heavy atom. The molecule has 0 N–H and O–H groups in total. The zero-order chi connectivity index (χ0) is 21.5. The van der Waals surface area contributed by atoms with Gasteiger partial charge in [0.05, 0.1) is 27.0 Å². The van der Waals surface area contributed by atoms with Crippen LogP contribution in [0.5, 0.6) is 0 Å². The zero-order valence-corrected chi connectivity index (χ0v) is 18.2. The van der Waals surface area contributed by atoms with E-state index in [0.717, 1.165) is 35.0 Å². The van der Waals surface area contributed by atoms with E-state index in [1.807, 2.05) is 32.0 Å². The summed E-state index contributed by atoms with van der Waals surface area (Å²) in [6, 6.07) is 9.12. The van der Waals surface area contributed by atoms with Crippen LogP contribution >= 0.6 is 11.6 Å². The highest BCUT2D eigenvalue weighted by Crippen LogP contribution is 2.29.